The topological polar surface area (TPSA) is 35.0 Å². The molecule has 4 aliphatic carbocycles. The first-order valence-electron chi connectivity index (χ1n) is 14.6. The largest absolute Gasteiger partial charge is 0.460 e. The van der Waals surface area contributed by atoms with E-state index in [1.807, 2.05) is 0 Å². The van der Waals surface area contributed by atoms with Crippen LogP contribution in [-0.4, -0.2) is 16.1 Å². The van der Waals surface area contributed by atoms with Crippen LogP contribution in [0.3, 0.4) is 0 Å². The number of aromatic nitrogens is 2. The maximum Gasteiger partial charge on any atom is 0.318 e. The van der Waals surface area contributed by atoms with Gasteiger partial charge in [0.2, 0.25) is 0 Å². The van der Waals surface area contributed by atoms with E-state index in [0.29, 0.717) is 22.0 Å². The smallest absolute Gasteiger partial charge is 0.318 e. The molecule has 0 bridgehead atoms. The van der Waals surface area contributed by atoms with Crippen molar-refractivity contribution in [2.24, 2.45) is 46.3 Å². The molecular formula is C31H47ClN2O. The van der Waals surface area contributed by atoms with Crippen molar-refractivity contribution < 1.29 is 4.74 Å². The highest BCUT2D eigenvalue weighted by Crippen LogP contribution is 2.67. The van der Waals surface area contributed by atoms with Gasteiger partial charge in [0.15, 0.2) is 0 Å². The number of nitrogens with zero attached hydrogens (tertiary/aromatic N) is 2. The second-order valence-corrected chi connectivity index (χ2v) is 13.8. The summed E-state index contributed by atoms with van der Waals surface area (Å²) in [5, 5.41) is 0.449. The molecule has 0 saturated heterocycles. The predicted molar refractivity (Wildman–Crippen MR) is 145 cm³/mol. The first-order chi connectivity index (χ1) is 16.7. The van der Waals surface area contributed by atoms with Crippen LogP contribution in [0.25, 0.3) is 0 Å². The van der Waals surface area contributed by atoms with Crippen LogP contribution >= 0.6 is 11.6 Å². The van der Waals surface area contributed by atoms with Gasteiger partial charge in [-0.2, -0.15) is 4.98 Å². The zero-order valence-electron chi connectivity index (χ0n) is 22.7. The summed E-state index contributed by atoms with van der Waals surface area (Å²) >= 11 is 6.05. The molecule has 3 fully saturated rings. The van der Waals surface area contributed by atoms with Gasteiger partial charge in [0, 0.05) is 12.6 Å². The molecule has 194 valence electrons. The molecule has 0 amide bonds. The minimum atomic E-state index is 0.167. The van der Waals surface area contributed by atoms with Crippen LogP contribution in [0.4, 0.5) is 0 Å². The van der Waals surface area contributed by atoms with Crippen LogP contribution in [0.2, 0.25) is 5.15 Å². The van der Waals surface area contributed by atoms with Crippen molar-refractivity contribution in [2.45, 2.75) is 111 Å². The van der Waals surface area contributed by atoms with Crippen molar-refractivity contribution in [3.63, 3.8) is 0 Å². The Balaban J connectivity index is 1.27. The molecule has 0 aromatic carbocycles. The van der Waals surface area contributed by atoms with Crippen LogP contribution in [0.1, 0.15) is 105 Å². The number of allylic oxidation sites excluding steroid dienone is 1. The molecule has 1 aromatic heterocycles. The van der Waals surface area contributed by atoms with E-state index in [-0.39, 0.29) is 6.10 Å². The lowest BCUT2D eigenvalue weighted by Gasteiger charge is -2.58. The van der Waals surface area contributed by atoms with Crippen molar-refractivity contribution in [1.29, 1.82) is 0 Å². The fourth-order valence-corrected chi connectivity index (χ4v) is 9.41. The highest BCUT2D eigenvalue weighted by molar-refractivity contribution is 6.29. The molecule has 5 rings (SSSR count). The second kappa shape index (κ2) is 9.99. The second-order valence-electron chi connectivity index (χ2n) is 13.4. The number of fused-ring (bicyclic) bond motifs is 5. The molecule has 0 N–H and O–H groups in total. The van der Waals surface area contributed by atoms with Crippen LogP contribution < -0.4 is 4.74 Å². The Morgan fingerprint density at radius 1 is 1.06 bits per heavy atom. The molecule has 3 nitrogen and oxygen atoms in total. The summed E-state index contributed by atoms with van der Waals surface area (Å²) in [7, 11) is 0. The van der Waals surface area contributed by atoms with Crippen molar-refractivity contribution >= 4 is 11.6 Å². The Hall–Kier alpha value is -1.09. The lowest BCUT2D eigenvalue weighted by atomic mass is 9.47. The van der Waals surface area contributed by atoms with Gasteiger partial charge in [0.05, 0.1) is 0 Å². The van der Waals surface area contributed by atoms with E-state index in [2.05, 4.69) is 50.7 Å². The Bertz CT molecular complexity index is 930. The third kappa shape index (κ3) is 4.80. The number of hydrogen-bond donors (Lipinski definition) is 0. The number of hydrogen-bond acceptors (Lipinski definition) is 3. The molecule has 4 aliphatic rings. The third-order valence-electron chi connectivity index (χ3n) is 11.1. The Kier molecular flexibility index (Phi) is 7.30. The van der Waals surface area contributed by atoms with Crippen molar-refractivity contribution in [3.05, 3.63) is 29.1 Å². The summed E-state index contributed by atoms with van der Waals surface area (Å²) in [5.41, 5.74) is 2.56. The van der Waals surface area contributed by atoms with Gasteiger partial charge in [-0.15, -0.1) is 0 Å². The van der Waals surface area contributed by atoms with E-state index in [0.717, 1.165) is 48.3 Å². The van der Waals surface area contributed by atoms with E-state index in [1.54, 1.807) is 17.8 Å². The van der Waals surface area contributed by atoms with E-state index in [1.165, 1.54) is 57.8 Å². The van der Waals surface area contributed by atoms with Gasteiger partial charge < -0.3 is 4.74 Å². The van der Waals surface area contributed by atoms with Gasteiger partial charge in [-0.1, -0.05) is 77.1 Å². The summed E-state index contributed by atoms with van der Waals surface area (Å²) in [5.74, 6) is 5.30. The monoisotopic (exact) mass is 498 g/mol. The zero-order valence-corrected chi connectivity index (χ0v) is 23.5. The first-order valence-corrected chi connectivity index (χ1v) is 14.9. The van der Waals surface area contributed by atoms with Gasteiger partial charge >= 0.3 is 6.01 Å². The van der Waals surface area contributed by atoms with Crippen molar-refractivity contribution in [1.82, 2.24) is 9.97 Å². The molecule has 0 radical (unpaired) electrons. The molecule has 35 heavy (non-hydrogen) atoms. The molecule has 1 heterocycles. The molecule has 8 atom stereocenters. The normalized spacial score (nSPS) is 39.4. The van der Waals surface area contributed by atoms with Gasteiger partial charge in [-0.25, -0.2) is 4.98 Å². The number of rotatable bonds is 7. The first kappa shape index (κ1) is 25.6. The summed E-state index contributed by atoms with van der Waals surface area (Å²) < 4.78 is 6.19. The molecular weight excluding hydrogens is 452 g/mol. The van der Waals surface area contributed by atoms with Gasteiger partial charge in [-0.3, -0.25) is 0 Å². The van der Waals surface area contributed by atoms with E-state index < -0.39 is 0 Å². The van der Waals surface area contributed by atoms with Gasteiger partial charge in [0.1, 0.15) is 11.3 Å². The van der Waals surface area contributed by atoms with Crippen molar-refractivity contribution in [3.8, 4) is 6.01 Å². The molecule has 4 unspecified atom stereocenters. The predicted octanol–water partition coefficient (Wildman–Crippen LogP) is 8.92. The molecule has 0 spiro atoms. The summed E-state index contributed by atoms with van der Waals surface area (Å²) in [4.78, 5) is 8.53. The van der Waals surface area contributed by atoms with E-state index in [4.69, 9.17) is 16.3 Å². The van der Waals surface area contributed by atoms with Gasteiger partial charge in [0.25, 0.3) is 0 Å². The maximum absolute atomic E-state index is 6.19. The molecule has 0 aliphatic heterocycles. The zero-order chi connectivity index (χ0) is 24.8. The minimum absolute atomic E-state index is 0.167. The lowest BCUT2D eigenvalue weighted by molar-refractivity contribution is -0.0562. The summed E-state index contributed by atoms with van der Waals surface area (Å²) in [6.45, 7) is 12.6. The minimum Gasteiger partial charge on any atom is -0.460 e. The highest BCUT2D eigenvalue weighted by Gasteiger charge is 2.59. The molecule has 3 saturated carbocycles. The Labute approximate surface area is 218 Å². The SMILES string of the molecule is CC(C)CCCC(C)[C@H]1CCC2C3CC=C4C[C@@H](Oc5nccc(Cl)n5)CC[C@]4(C)C3CC[C@@]21C. The van der Waals surface area contributed by atoms with Gasteiger partial charge in [-0.05, 0) is 97.3 Å². The van der Waals surface area contributed by atoms with E-state index >= 15 is 0 Å². The maximum atomic E-state index is 6.19. The third-order valence-corrected chi connectivity index (χ3v) is 11.3. The summed E-state index contributed by atoms with van der Waals surface area (Å²) in [6.07, 6.45) is 19.1. The molecule has 1 aromatic rings. The van der Waals surface area contributed by atoms with Crippen LogP contribution in [-0.2, 0) is 0 Å². The van der Waals surface area contributed by atoms with E-state index in [9.17, 15) is 0 Å². The number of ether oxygens (including phenoxy) is 1. The van der Waals surface area contributed by atoms with Crippen LogP contribution in [0, 0.1) is 46.3 Å². The Morgan fingerprint density at radius 2 is 1.89 bits per heavy atom. The number of halogens is 1. The standard InChI is InChI=1S/C31H47ClN2O/c1-20(2)7-6-8-21(3)25-11-12-26-24-10-9-22-19-23(35-29-33-18-15-28(32)34-29)13-16-30(22,4)27(24)14-17-31(25,26)5/h9,15,18,20-21,23-27H,6-8,10-14,16-17,19H2,1-5H3/t21?,23-,24?,25+,26?,27?,30-,31+/m0/s1. The highest BCUT2D eigenvalue weighted by atomic mass is 35.5. The average molecular weight is 499 g/mol. The fraction of sp³-hybridized carbons (Fsp3) is 0.806. The fourth-order valence-electron chi connectivity index (χ4n) is 9.28. The van der Waals surface area contributed by atoms with Crippen LogP contribution in [0.5, 0.6) is 6.01 Å². The quantitative estimate of drug-likeness (QED) is 0.278. The van der Waals surface area contributed by atoms with Crippen LogP contribution in [0.15, 0.2) is 23.9 Å². The Morgan fingerprint density at radius 3 is 2.66 bits per heavy atom. The molecule has 4 heteroatoms. The van der Waals surface area contributed by atoms with Crippen molar-refractivity contribution in [2.75, 3.05) is 0 Å². The average Bonchev–Trinajstić information content (AvgIpc) is 3.16. The summed E-state index contributed by atoms with van der Waals surface area (Å²) in [6, 6.07) is 2.13. The lowest BCUT2D eigenvalue weighted by Crippen LogP contribution is -2.51.